The van der Waals surface area contributed by atoms with Crippen LogP contribution >= 0.6 is 0 Å². The second-order valence-corrected chi connectivity index (χ2v) is 3.34. The van der Waals surface area contributed by atoms with Crippen molar-refractivity contribution in [3.8, 4) is 5.88 Å². The highest BCUT2D eigenvalue weighted by molar-refractivity contribution is 5.27. The molecule has 0 bridgehead atoms. The average Bonchev–Trinajstić information content (AvgIpc) is 2.09. The SMILES string of the molecule is COc1nc(C(C)C)cc(C)c1F. The van der Waals surface area contributed by atoms with Crippen LogP contribution in [-0.2, 0) is 0 Å². The fourth-order valence-electron chi connectivity index (χ4n) is 1.08. The monoisotopic (exact) mass is 183 g/mol. The molecule has 0 atom stereocenters. The number of nitrogens with zero attached hydrogens (tertiary/aromatic N) is 1. The summed E-state index contributed by atoms with van der Waals surface area (Å²) in [7, 11) is 1.43. The lowest BCUT2D eigenvalue weighted by atomic mass is 10.1. The van der Waals surface area contributed by atoms with Crippen molar-refractivity contribution in [2.45, 2.75) is 26.7 Å². The lowest BCUT2D eigenvalue weighted by molar-refractivity contribution is 0.365. The van der Waals surface area contributed by atoms with Crippen molar-refractivity contribution >= 4 is 0 Å². The van der Waals surface area contributed by atoms with E-state index in [0.717, 1.165) is 5.69 Å². The fourth-order valence-corrected chi connectivity index (χ4v) is 1.08. The molecule has 2 nitrogen and oxygen atoms in total. The zero-order valence-corrected chi connectivity index (χ0v) is 8.39. The number of ether oxygens (including phenoxy) is 1. The normalized spacial score (nSPS) is 10.6. The van der Waals surface area contributed by atoms with Crippen LogP contribution in [0.25, 0.3) is 0 Å². The van der Waals surface area contributed by atoms with E-state index in [2.05, 4.69) is 4.98 Å². The Morgan fingerprint density at radius 3 is 2.54 bits per heavy atom. The summed E-state index contributed by atoms with van der Waals surface area (Å²) in [6.45, 7) is 5.74. The first-order chi connectivity index (χ1) is 6.06. The van der Waals surface area contributed by atoms with E-state index >= 15 is 0 Å². The number of halogens is 1. The molecule has 1 aromatic rings. The molecular weight excluding hydrogens is 169 g/mol. The Kier molecular flexibility index (Phi) is 2.86. The van der Waals surface area contributed by atoms with E-state index in [4.69, 9.17) is 4.74 Å². The van der Waals surface area contributed by atoms with Crippen molar-refractivity contribution in [3.05, 3.63) is 23.1 Å². The molecule has 0 aromatic carbocycles. The quantitative estimate of drug-likeness (QED) is 0.703. The molecule has 0 saturated heterocycles. The summed E-state index contributed by atoms with van der Waals surface area (Å²) >= 11 is 0. The fraction of sp³-hybridized carbons (Fsp3) is 0.500. The predicted octanol–water partition coefficient (Wildman–Crippen LogP) is 2.66. The summed E-state index contributed by atoms with van der Waals surface area (Å²) in [5.41, 5.74) is 1.44. The van der Waals surface area contributed by atoms with Gasteiger partial charge in [-0.3, -0.25) is 0 Å². The summed E-state index contributed by atoms with van der Waals surface area (Å²) in [4.78, 5) is 4.05. The highest BCUT2D eigenvalue weighted by Crippen LogP contribution is 2.22. The largest absolute Gasteiger partial charge is 0.479 e. The summed E-state index contributed by atoms with van der Waals surface area (Å²) < 4.78 is 18.1. The number of hydrogen-bond acceptors (Lipinski definition) is 2. The van der Waals surface area contributed by atoms with E-state index in [1.54, 1.807) is 13.0 Å². The summed E-state index contributed by atoms with van der Waals surface area (Å²) in [5, 5.41) is 0. The van der Waals surface area contributed by atoms with Gasteiger partial charge in [-0.05, 0) is 24.5 Å². The van der Waals surface area contributed by atoms with E-state index in [-0.39, 0.29) is 17.6 Å². The minimum Gasteiger partial charge on any atom is -0.479 e. The van der Waals surface area contributed by atoms with Gasteiger partial charge in [0.1, 0.15) is 0 Å². The number of hydrogen-bond donors (Lipinski definition) is 0. The van der Waals surface area contributed by atoms with Crippen LogP contribution in [-0.4, -0.2) is 12.1 Å². The van der Waals surface area contributed by atoms with Crippen LogP contribution in [0, 0.1) is 12.7 Å². The standard InChI is InChI=1S/C10H14FNO/c1-6(2)8-5-7(3)9(11)10(12-8)13-4/h5-6H,1-4H3. The van der Waals surface area contributed by atoms with Crippen LogP contribution in [0.4, 0.5) is 4.39 Å². The van der Waals surface area contributed by atoms with E-state index in [1.165, 1.54) is 7.11 Å². The van der Waals surface area contributed by atoms with Crippen molar-refractivity contribution in [1.82, 2.24) is 4.98 Å². The van der Waals surface area contributed by atoms with Gasteiger partial charge in [0.2, 0.25) is 0 Å². The Morgan fingerprint density at radius 1 is 1.46 bits per heavy atom. The lowest BCUT2D eigenvalue weighted by Gasteiger charge is -2.09. The molecule has 0 fully saturated rings. The molecule has 0 saturated carbocycles. The number of aromatic nitrogens is 1. The van der Waals surface area contributed by atoms with Gasteiger partial charge in [0.05, 0.1) is 7.11 Å². The Bertz CT molecular complexity index is 310. The molecule has 0 spiro atoms. The molecular formula is C10H14FNO. The Balaban J connectivity index is 3.22. The molecule has 13 heavy (non-hydrogen) atoms. The number of pyridine rings is 1. The van der Waals surface area contributed by atoms with Crippen molar-refractivity contribution < 1.29 is 9.13 Å². The smallest absolute Gasteiger partial charge is 0.250 e. The molecule has 0 amide bonds. The molecule has 0 aliphatic carbocycles. The summed E-state index contributed by atoms with van der Waals surface area (Å²) in [6, 6.07) is 1.75. The van der Waals surface area contributed by atoms with Gasteiger partial charge in [-0.15, -0.1) is 0 Å². The molecule has 1 rings (SSSR count). The zero-order chi connectivity index (χ0) is 10.0. The Hall–Kier alpha value is -1.12. The van der Waals surface area contributed by atoms with E-state index < -0.39 is 0 Å². The van der Waals surface area contributed by atoms with Gasteiger partial charge in [0.15, 0.2) is 5.82 Å². The van der Waals surface area contributed by atoms with Gasteiger partial charge in [-0.25, -0.2) is 9.37 Å². The third-order valence-electron chi connectivity index (χ3n) is 1.91. The topological polar surface area (TPSA) is 22.1 Å². The molecule has 0 aliphatic rings. The Labute approximate surface area is 77.8 Å². The molecule has 3 heteroatoms. The summed E-state index contributed by atoms with van der Waals surface area (Å²) in [5.74, 6) is 0.00352. The van der Waals surface area contributed by atoms with E-state index in [1.807, 2.05) is 13.8 Å². The predicted molar refractivity (Wildman–Crippen MR) is 49.6 cm³/mol. The van der Waals surface area contributed by atoms with Crippen molar-refractivity contribution in [3.63, 3.8) is 0 Å². The number of rotatable bonds is 2. The van der Waals surface area contributed by atoms with Crippen LogP contribution in [0.1, 0.15) is 31.0 Å². The maximum atomic E-state index is 13.3. The lowest BCUT2D eigenvalue weighted by Crippen LogP contribution is -2.00. The average molecular weight is 183 g/mol. The number of aryl methyl sites for hydroxylation is 1. The summed E-state index contributed by atoms with van der Waals surface area (Å²) in [6.07, 6.45) is 0. The van der Waals surface area contributed by atoms with Crippen molar-refractivity contribution in [1.29, 1.82) is 0 Å². The van der Waals surface area contributed by atoms with Crippen molar-refractivity contribution in [2.24, 2.45) is 0 Å². The highest BCUT2D eigenvalue weighted by Gasteiger charge is 2.11. The maximum absolute atomic E-state index is 13.3. The molecule has 0 aliphatic heterocycles. The van der Waals surface area contributed by atoms with E-state index in [0.29, 0.717) is 5.56 Å². The van der Waals surface area contributed by atoms with Crippen LogP contribution < -0.4 is 4.74 Å². The molecule has 1 heterocycles. The van der Waals surface area contributed by atoms with Gasteiger partial charge in [0, 0.05) is 5.69 Å². The van der Waals surface area contributed by atoms with Gasteiger partial charge in [-0.2, -0.15) is 0 Å². The maximum Gasteiger partial charge on any atom is 0.250 e. The van der Waals surface area contributed by atoms with Gasteiger partial charge >= 0.3 is 0 Å². The van der Waals surface area contributed by atoms with Gasteiger partial charge < -0.3 is 4.74 Å². The van der Waals surface area contributed by atoms with Crippen LogP contribution in [0.15, 0.2) is 6.07 Å². The van der Waals surface area contributed by atoms with Gasteiger partial charge in [-0.1, -0.05) is 13.8 Å². The number of methoxy groups -OCH3 is 1. The van der Waals surface area contributed by atoms with Gasteiger partial charge in [0.25, 0.3) is 5.88 Å². The zero-order valence-electron chi connectivity index (χ0n) is 8.39. The van der Waals surface area contributed by atoms with Crippen LogP contribution in [0.5, 0.6) is 5.88 Å². The molecule has 0 radical (unpaired) electrons. The molecule has 72 valence electrons. The minimum absolute atomic E-state index is 0.0868. The van der Waals surface area contributed by atoms with Crippen LogP contribution in [0.2, 0.25) is 0 Å². The minimum atomic E-state index is -0.369. The molecule has 0 unspecified atom stereocenters. The third kappa shape index (κ3) is 1.97. The second-order valence-electron chi connectivity index (χ2n) is 3.34. The first kappa shape index (κ1) is 9.96. The van der Waals surface area contributed by atoms with Crippen LogP contribution in [0.3, 0.4) is 0 Å². The second kappa shape index (κ2) is 3.73. The first-order valence-corrected chi connectivity index (χ1v) is 4.27. The Morgan fingerprint density at radius 2 is 2.08 bits per heavy atom. The molecule has 0 N–H and O–H groups in total. The first-order valence-electron chi connectivity index (χ1n) is 4.27. The molecule has 1 aromatic heterocycles. The van der Waals surface area contributed by atoms with Crippen molar-refractivity contribution in [2.75, 3.05) is 7.11 Å². The van der Waals surface area contributed by atoms with E-state index in [9.17, 15) is 4.39 Å². The third-order valence-corrected chi connectivity index (χ3v) is 1.91. The highest BCUT2D eigenvalue weighted by atomic mass is 19.1.